The van der Waals surface area contributed by atoms with Gasteiger partial charge in [0.1, 0.15) is 6.61 Å². The maximum absolute atomic E-state index is 12.6. The first kappa shape index (κ1) is 51.2. The molecule has 0 aromatic rings. The molecule has 2 atom stereocenters. The third-order valence-electron chi connectivity index (χ3n) is 9.00. The summed E-state index contributed by atoms with van der Waals surface area (Å²) in [5.74, 6) is -0.867. The van der Waals surface area contributed by atoms with Crippen LogP contribution in [-0.2, 0) is 32.7 Å². The predicted octanol–water partition coefficient (Wildman–Crippen LogP) is 12.2. The van der Waals surface area contributed by atoms with Gasteiger partial charge < -0.3 is 20.1 Å². The lowest BCUT2D eigenvalue weighted by atomic mass is 10.1. The number of nitrogens with two attached hydrogens (primary N) is 1. The van der Waals surface area contributed by atoms with E-state index in [0.29, 0.717) is 12.8 Å². The van der Waals surface area contributed by atoms with Gasteiger partial charge >= 0.3 is 19.8 Å². The quantitative estimate of drug-likeness (QED) is 0.0270. The van der Waals surface area contributed by atoms with Crippen LogP contribution in [0, 0.1) is 0 Å². The summed E-state index contributed by atoms with van der Waals surface area (Å²) >= 11 is 0. The van der Waals surface area contributed by atoms with Crippen LogP contribution < -0.4 is 5.73 Å². The van der Waals surface area contributed by atoms with Crippen molar-refractivity contribution >= 4 is 19.8 Å². The Labute approximate surface area is 324 Å². The lowest BCUT2D eigenvalue weighted by Crippen LogP contribution is -2.29. The van der Waals surface area contributed by atoms with E-state index in [1.165, 1.54) is 109 Å². The molecule has 0 fully saturated rings. The number of carbonyl (C=O) groups excluding carboxylic acids is 2. The van der Waals surface area contributed by atoms with Crippen molar-refractivity contribution in [2.45, 2.75) is 200 Å². The summed E-state index contributed by atoms with van der Waals surface area (Å²) in [4.78, 5) is 34.8. The summed E-state index contributed by atoms with van der Waals surface area (Å²) in [7, 11) is -4.38. The summed E-state index contributed by atoms with van der Waals surface area (Å²) in [6.07, 6.45) is 43.2. The first-order valence-corrected chi connectivity index (χ1v) is 23.0. The van der Waals surface area contributed by atoms with Gasteiger partial charge in [0.05, 0.1) is 13.2 Å². The summed E-state index contributed by atoms with van der Waals surface area (Å²) in [6.45, 7) is 3.68. The molecule has 310 valence electrons. The third-order valence-corrected chi connectivity index (χ3v) is 9.98. The number of hydrogen-bond acceptors (Lipinski definition) is 8. The van der Waals surface area contributed by atoms with Crippen molar-refractivity contribution in [2.24, 2.45) is 5.73 Å². The highest BCUT2D eigenvalue weighted by Gasteiger charge is 2.26. The summed E-state index contributed by atoms with van der Waals surface area (Å²) < 4.78 is 32.7. The molecule has 10 heteroatoms. The molecular formula is C43H80NO8P. The van der Waals surface area contributed by atoms with Gasteiger partial charge in [0, 0.05) is 19.4 Å². The van der Waals surface area contributed by atoms with Crippen LogP contribution in [0.25, 0.3) is 0 Å². The molecule has 1 unspecified atom stereocenters. The van der Waals surface area contributed by atoms with Gasteiger partial charge in [-0.15, -0.1) is 0 Å². The van der Waals surface area contributed by atoms with E-state index < -0.39 is 32.5 Å². The number of carbonyl (C=O) groups is 2. The Balaban J connectivity index is 4.20. The molecular weight excluding hydrogens is 689 g/mol. The lowest BCUT2D eigenvalue weighted by Gasteiger charge is -2.19. The second-order valence-electron chi connectivity index (χ2n) is 14.2. The van der Waals surface area contributed by atoms with Crippen molar-refractivity contribution in [1.82, 2.24) is 0 Å². The molecule has 0 spiro atoms. The number of phosphoric ester groups is 1. The standard InChI is InChI=1S/C43H80NO8P/c1-3-5-7-9-11-13-15-17-19-20-22-24-26-28-30-32-34-36-43(46)52-41(40-51-53(47,48)50-38-37-44)39-49-42(45)35-33-31-29-27-25-23-21-18-16-14-12-10-8-6-4-2/h13,15,18,21,25,27,41H,3-12,14,16-17,19-20,22-24,26,28-40,44H2,1-2H3,(H,47,48)/b15-13+,21-18+,27-25+/t41-/m1/s1. The van der Waals surface area contributed by atoms with Gasteiger partial charge in [-0.05, 0) is 70.6 Å². The molecule has 3 N–H and O–H groups in total. The molecule has 0 bridgehead atoms. The van der Waals surface area contributed by atoms with Crippen LogP contribution in [0.2, 0.25) is 0 Å². The van der Waals surface area contributed by atoms with E-state index in [-0.39, 0.29) is 32.6 Å². The van der Waals surface area contributed by atoms with Crippen molar-refractivity contribution in [3.63, 3.8) is 0 Å². The number of allylic oxidation sites excluding steroid dienone is 6. The van der Waals surface area contributed by atoms with Crippen LogP contribution in [0.3, 0.4) is 0 Å². The second-order valence-corrected chi connectivity index (χ2v) is 15.7. The van der Waals surface area contributed by atoms with E-state index in [4.69, 9.17) is 24.3 Å². The van der Waals surface area contributed by atoms with Crippen molar-refractivity contribution in [2.75, 3.05) is 26.4 Å². The Bertz CT molecular complexity index is 970. The van der Waals surface area contributed by atoms with E-state index in [2.05, 4.69) is 50.3 Å². The van der Waals surface area contributed by atoms with Gasteiger partial charge in [0.15, 0.2) is 6.10 Å². The van der Waals surface area contributed by atoms with Crippen LogP contribution in [0.15, 0.2) is 36.5 Å². The summed E-state index contributed by atoms with van der Waals surface area (Å²) in [5.41, 5.74) is 5.34. The van der Waals surface area contributed by atoms with Gasteiger partial charge in [-0.25, -0.2) is 4.57 Å². The van der Waals surface area contributed by atoms with E-state index in [0.717, 1.165) is 44.9 Å². The zero-order valence-electron chi connectivity index (χ0n) is 34.0. The van der Waals surface area contributed by atoms with E-state index in [1.54, 1.807) is 0 Å². The molecule has 0 radical (unpaired) electrons. The molecule has 0 heterocycles. The molecule has 0 saturated carbocycles. The number of phosphoric acid groups is 1. The number of unbranched alkanes of at least 4 members (excludes halogenated alkanes) is 21. The molecule has 0 saturated heterocycles. The lowest BCUT2D eigenvalue weighted by molar-refractivity contribution is -0.161. The first-order chi connectivity index (χ1) is 25.8. The third kappa shape index (κ3) is 39.7. The van der Waals surface area contributed by atoms with Crippen LogP contribution in [0.1, 0.15) is 194 Å². The first-order valence-electron chi connectivity index (χ1n) is 21.5. The largest absolute Gasteiger partial charge is 0.472 e. The van der Waals surface area contributed by atoms with Gasteiger partial charge in [0.25, 0.3) is 0 Å². The Hall–Kier alpha value is -1.77. The Morgan fingerprint density at radius 3 is 1.51 bits per heavy atom. The number of hydrogen-bond donors (Lipinski definition) is 2. The van der Waals surface area contributed by atoms with Crippen molar-refractivity contribution in [3.8, 4) is 0 Å². The molecule has 9 nitrogen and oxygen atoms in total. The average molecular weight is 770 g/mol. The Morgan fingerprint density at radius 2 is 0.981 bits per heavy atom. The summed E-state index contributed by atoms with van der Waals surface area (Å²) in [6, 6.07) is 0. The van der Waals surface area contributed by atoms with Gasteiger partial charge in [0.2, 0.25) is 0 Å². The summed E-state index contributed by atoms with van der Waals surface area (Å²) in [5, 5.41) is 0. The Morgan fingerprint density at radius 1 is 0.566 bits per heavy atom. The molecule has 0 aromatic heterocycles. The normalized spacial score (nSPS) is 13.7. The number of rotatable bonds is 40. The van der Waals surface area contributed by atoms with Gasteiger partial charge in [-0.1, -0.05) is 147 Å². The smallest absolute Gasteiger partial charge is 0.462 e. The van der Waals surface area contributed by atoms with Crippen LogP contribution >= 0.6 is 7.82 Å². The monoisotopic (exact) mass is 770 g/mol. The highest BCUT2D eigenvalue weighted by molar-refractivity contribution is 7.47. The predicted molar refractivity (Wildman–Crippen MR) is 220 cm³/mol. The maximum atomic E-state index is 12.6. The van der Waals surface area contributed by atoms with Gasteiger partial charge in [-0.3, -0.25) is 18.6 Å². The van der Waals surface area contributed by atoms with Gasteiger partial charge in [-0.2, -0.15) is 0 Å². The van der Waals surface area contributed by atoms with E-state index in [1.807, 2.05) is 0 Å². The minimum absolute atomic E-state index is 0.0489. The molecule has 53 heavy (non-hydrogen) atoms. The highest BCUT2D eigenvalue weighted by atomic mass is 31.2. The van der Waals surface area contributed by atoms with Crippen LogP contribution in [-0.4, -0.2) is 49.3 Å². The molecule has 0 amide bonds. The Kier molecular flexibility index (Phi) is 38.6. The molecule has 0 aliphatic carbocycles. The topological polar surface area (TPSA) is 134 Å². The SMILES string of the molecule is CCCCCC/C=C/CCCCCCCCCCCC(=O)O[C@H](COC(=O)CCCC/C=C/C/C=C/CCCCCCCC)COP(=O)(O)OCCN. The molecule has 0 aliphatic heterocycles. The minimum Gasteiger partial charge on any atom is -0.462 e. The van der Waals surface area contributed by atoms with Crippen molar-refractivity contribution in [3.05, 3.63) is 36.5 Å². The maximum Gasteiger partial charge on any atom is 0.472 e. The second kappa shape index (κ2) is 39.9. The fraction of sp³-hybridized carbons (Fsp3) is 0.814. The number of ether oxygens (including phenoxy) is 2. The van der Waals surface area contributed by atoms with Crippen LogP contribution in [0.5, 0.6) is 0 Å². The zero-order chi connectivity index (χ0) is 38.9. The fourth-order valence-electron chi connectivity index (χ4n) is 5.78. The number of esters is 2. The van der Waals surface area contributed by atoms with E-state index in [9.17, 15) is 19.0 Å². The van der Waals surface area contributed by atoms with Crippen molar-refractivity contribution in [1.29, 1.82) is 0 Å². The average Bonchev–Trinajstić information content (AvgIpc) is 3.14. The zero-order valence-corrected chi connectivity index (χ0v) is 34.9. The van der Waals surface area contributed by atoms with E-state index >= 15 is 0 Å². The molecule has 0 aliphatic rings. The van der Waals surface area contributed by atoms with Crippen molar-refractivity contribution < 1.29 is 37.6 Å². The fourth-order valence-corrected chi connectivity index (χ4v) is 6.54. The molecule has 0 aromatic carbocycles. The molecule has 0 rings (SSSR count). The highest BCUT2D eigenvalue weighted by Crippen LogP contribution is 2.43. The van der Waals surface area contributed by atoms with Crippen LogP contribution in [0.4, 0.5) is 0 Å². The minimum atomic E-state index is -4.38.